The standard InChI is InChI=1S/C15H24N2O2.ClH/c1-11-7-8-13(19-11)10-17(2)15(18)9-12-5-3-4-6-14(12)16;/h7-8,12,14H,3-6,9-10,16H2,1-2H3;1H. The number of carbonyl (C=O) groups excluding carboxylic acids is 1. The van der Waals surface area contributed by atoms with Gasteiger partial charge in [0.2, 0.25) is 5.91 Å². The average molecular weight is 301 g/mol. The number of amides is 1. The molecule has 2 rings (SSSR count). The van der Waals surface area contributed by atoms with E-state index in [0.29, 0.717) is 18.9 Å². The highest BCUT2D eigenvalue weighted by Gasteiger charge is 2.25. The quantitative estimate of drug-likeness (QED) is 0.930. The summed E-state index contributed by atoms with van der Waals surface area (Å²) < 4.78 is 5.50. The lowest BCUT2D eigenvalue weighted by Gasteiger charge is -2.29. The van der Waals surface area contributed by atoms with Crippen molar-refractivity contribution in [2.75, 3.05) is 7.05 Å². The van der Waals surface area contributed by atoms with E-state index in [2.05, 4.69) is 0 Å². The van der Waals surface area contributed by atoms with Gasteiger partial charge in [-0.2, -0.15) is 0 Å². The molecule has 0 bridgehead atoms. The van der Waals surface area contributed by atoms with Gasteiger partial charge in [-0.15, -0.1) is 12.4 Å². The number of nitrogens with zero attached hydrogens (tertiary/aromatic N) is 1. The van der Waals surface area contributed by atoms with Crippen molar-refractivity contribution >= 4 is 18.3 Å². The van der Waals surface area contributed by atoms with Crippen LogP contribution in [0, 0.1) is 12.8 Å². The van der Waals surface area contributed by atoms with E-state index in [1.54, 1.807) is 4.90 Å². The highest BCUT2D eigenvalue weighted by Crippen LogP contribution is 2.26. The summed E-state index contributed by atoms with van der Waals surface area (Å²) in [4.78, 5) is 13.9. The number of rotatable bonds is 4. The molecule has 1 fully saturated rings. The van der Waals surface area contributed by atoms with E-state index in [1.807, 2.05) is 26.1 Å². The summed E-state index contributed by atoms with van der Waals surface area (Å²) in [5, 5.41) is 0. The molecule has 0 aromatic carbocycles. The first kappa shape index (κ1) is 17.1. The summed E-state index contributed by atoms with van der Waals surface area (Å²) in [7, 11) is 1.83. The fourth-order valence-electron chi connectivity index (χ4n) is 2.76. The molecule has 0 saturated heterocycles. The third-order valence-corrected chi connectivity index (χ3v) is 4.02. The molecule has 1 aromatic rings. The van der Waals surface area contributed by atoms with Crippen molar-refractivity contribution in [3.8, 4) is 0 Å². The van der Waals surface area contributed by atoms with Crippen LogP contribution >= 0.6 is 12.4 Å². The molecule has 2 N–H and O–H groups in total. The maximum absolute atomic E-state index is 12.2. The fourth-order valence-corrected chi connectivity index (χ4v) is 2.76. The highest BCUT2D eigenvalue weighted by atomic mass is 35.5. The number of aryl methyl sites for hydroxylation is 1. The largest absolute Gasteiger partial charge is 0.464 e. The predicted molar refractivity (Wildman–Crippen MR) is 81.7 cm³/mol. The minimum absolute atomic E-state index is 0. The second-order valence-electron chi connectivity index (χ2n) is 5.67. The topological polar surface area (TPSA) is 59.5 Å². The van der Waals surface area contributed by atoms with Crippen LogP contribution in [0.25, 0.3) is 0 Å². The monoisotopic (exact) mass is 300 g/mol. The first-order chi connectivity index (χ1) is 9.06. The molecule has 1 aliphatic rings. The van der Waals surface area contributed by atoms with Gasteiger partial charge < -0.3 is 15.1 Å². The third kappa shape index (κ3) is 4.53. The van der Waals surface area contributed by atoms with Crippen molar-refractivity contribution < 1.29 is 9.21 Å². The van der Waals surface area contributed by atoms with Gasteiger partial charge in [-0.1, -0.05) is 12.8 Å². The molecule has 2 atom stereocenters. The minimum atomic E-state index is 0. The maximum Gasteiger partial charge on any atom is 0.223 e. The van der Waals surface area contributed by atoms with Crippen LogP contribution in [0.3, 0.4) is 0 Å². The van der Waals surface area contributed by atoms with E-state index < -0.39 is 0 Å². The van der Waals surface area contributed by atoms with Gasteiger partial charge in [0, 0.05) is 19.5 Å². The summed E-state index contributed by atoms with van der Waals surface area (Å²) in [5.74, 6) is 2.23. The fraction of sp³-hybridized carbons (Fsp3) is 0.667. The first-order valence-electron chi connectivity index (χ1n) is 7.11. The maximum atomic E-state index is 12.2. The number of furan rings is 1. The van der Waals surface area contributed by atoms with Gasteiger partial charge in [-0.25, -0.2) is 0 Å². The number of carbonyl (C=O) groups is 1. The van der Waals surface area contributed by atoms with Crippen molar-refractivity contribution in [1.82, 2.24) is 4.90 Å². The summed E-state index contributed by atoms with van der Waals surface area (Å²) in [6.45, 7) is 2.45. The lowest BCUT2D eigenvalue weighted by molar-refractivity contribution is -0.132. The molecule has 2 unspecified atom stereocenters. The number of hydrogen-bond acceptors (Lipinski definition) is 3. The Labute approximate surface area is 127 Å². The zero-order valence-electron chi connectivity index (χ0n) is 12.3. The normalized spacial score (nSPS) is 22.1. The van der Waals surface area contributed by atoms with Gasteiger partial charge >= 0.3 is 0 Å². The first-order valence-corrected chi connectivity index (χ1v) is 7.11. The van der Waals surface area contributed by atoms with E-state index in [1.165, 1.54) is 12.8 Å². The second kappa shape index (κ2) is 7.70. The van der Waals surface area contributed by atoms with Crippen LogP contribution in [0.15, 0.2) is 16.5 Å². The van der Waals surface area contributed by atoms with Crippen molar-refractivity contribution in [3.05, 3.63) is 23.7 Å². The summed E-state index contributed by atoms with van der Waals surface area (Å²) >= 11 is 0. The van der Waals surface area contributed by atoms with E-state index >= 15 is 0 Å². The number of nitrogens with two attached hydrogens (primary N) is 1. The van der Waals surface area contributed by atoms with E-state index in [-0.39, 0.29) is 24.4 Å². The van der Waals surface area contributed by atoms with E-state index in [9.17, 15) is 4.79 Å². The molecule has 5 heteroatoms. The van der Waals surface area contributed by atoms with Gasteiger partial charge in [0.25, 0.3) is 0 Å². The Balaban J connectivity index is 0.00000200. The van der Waals surface area contributed by atoms with Gasteiger partial charge in [-0.3, -0.25) is 4.79 Å². The molecule has 0 aliphatic heterocycles. The van der Waals surface area contributed by atoms with Crippen LogP contribution in [0.1, 0.15) is 43.6 Å². The van der Waals surface area contributed by atoms with Crippen LogP contribution in [-0.4, -0.2) is 23.9 Å². The van der Waals surface area contributed by atoms with Crippen molar-refractivity contribution in [1.29, 1.82) is 0 Å². The van der Waals surface area contributed by atoms with Gasteiger partial charge in [-0.05, 0) is 37.8 Å². The lowest BCUT2D eigenvalue weighted by atomic mass is 9.83. The molecular weight excluding hydrogens is 276 g/mol. The van der Waals surface area contributed by atoms with Crippen LogP contribution in [0.2, 0.25) is 0 Å². The Kier molecular flexibility index (Phi) is 6.56. The molecule has 1 heterocycles. The molecule has 114 valence electrons. The third-order valence-electron chi connectivity index (χ3n) is 4.02. The number of hydrogen-bond donors (Lipinski definition) is 1. The SMILES string of the molecule is Cc1ccc(CN(C)C(=O)CC2CCCCC2N)o1.Cl. The Morgan fingerprint density at radius 1 is 1.40 bits per heavy atom. The van der Waals surface area contributed by atoms with Crippen LogP contribution in [-0.2, 0) is 11.3 Å². The molecule has 1 aromatic heterocycles. The molecule has 0 radical (unpaired) electrons. The molecule has 0 spiro atoms. The van der Waals surface area contributed by atoms with E-state index in [0.717, 1.165) is 24.4 Å². The van der Waals surface area contributed by atoms with Crippen LogP contribution < -0.4 is 5.73 Å². The molecule has 20 heavy (non-hydrogen) atoms. The minimum Gasteiger partial charge on any atom is -0.464 e. The molecule has 1 saturated carbocycles. The van der Waals surface area contributed by atoms with Crippen LogP contribution in [0.5, 0.6) is 0 Å². The van der Waals surface area contributed by atoms with Gasteiger partial charge in [0.1, 0.15) is 11.5 Å². The molecule has 1 amide bonds. The summed E-state index contributed by atoms with van der Waals surface area (Å²) in [6.07, 6.45) is 5.11. The van der Waals surface area contributed by atoms with Crippen molar-refractivity contribution in [2.24, 2.45) is 11.7 Å². The zero-order chi connectivity index (χ0) is 13.8. The smallest absolute Gasteiger partial charge is 0.223 e. The van der Waals surface area contributed by atoms with Gasteiger partial charge in [0.05, 0.1) is 6.54 Å². The molecule has 1 aliphatic carbocycles. The Morgan fingerprint density at radius 3 is 2.70 bits per heavy atom. The zero-order valence-corrected chi connectivity index (χ0v) is 13.1. The Bertz CT molecular complexity index is 433. The Morgan fingerprint density at radius 2 is 2.10 bits per heavy atom. The highest BCUT2D eigenvalue weighted by molar-refractivity contribution is 5.85. The predicted octanol–water partition coefficient (Wildman–Crippen LogP) is 2.88. The molecular formula is C15H25ClN2O2. The lowest BCUT2D eigenvalue weighted by Crippen LogP contribution is -2.37. The second-order valence-corrected chi connectivity index (χ2v) is 5.67. The van der Waals surface area contributed by atoms with Crippen molar-refractivity contribution in [3.63, 3.8) is 0 Å². The van der Waals surface area contributed by atoms with Crippen LogP contribution in [0.4, 0.5) is 0 Å². The average Bonchev–Trinajstić information content (AvgIpc) is 2.77. The Hall–Kier alpha value is -1.00. The summed E-state index contributed by atoms with van der Waals surface area (Å²) in [5.41, 5.74) is 6.09. The van der Waals surface area contributed by atoms with Gasteiger partial charge in [0.15, 0.2) is 0 Å². The summed E-state index contributed by atoms with van der Waals surface area (Å²) in [6, 6.07) is 4.04. The van der Waals surface area contributed by atoms with Crippen molar-refractivity contribution in [2.45, 2.75) is 51.6 Å². The molecule has 4 nitrogen and oxygen atoms in total. The number of halogens is 1. The van der Waals surface area contributed by atoms with E-state index in [4.69, 9.17) is 10.2 Å².